The minimum absolute atomic E-state index is 0. The van der Waals surface area contributed by atoms with E-state index in [0.717, 1.165) is 32.5 Å². The van der Waals surface area contributed by atoms with E-state index in [2.05, 4.69) is 0 Å². The fourth-order valence-electron chi connectivity index (χ4n) is 1.13. The first-order chi connectivity index (χ1) is 7.90. The van der Waals surface area contributed by atoms with Crippen LogP contribution in [0.3, 0.4) is 0 Å². The Morgan fingerprint density at radius 3 is 1.58 bits per heavy atom. The van der Waals surface area contributed by atoms with Gasteiger partial charge in [-0.2, -0.15) is 6.42 Å². The van der Waals surface area contributed by atoms with E-state index < -0.39 is 16.5 Å². The van der Waals surface area contributed by atoms with E-state index in [1.807, 2.05) is 0 Å². The van der Waals surface area contributed by atoms with Gasteiger partial charge in [-0.05, 0) is 12.8 Å². The molecule has 0 unspecified atom stereocenters. The number of rotatable bonds is 2. The first-order valence-electron chi connectivity index (χ1n) is 4.63. The Hall–Kier alpha value is 1.96. The third-order valence-corrected chi connectivity index (χ3v) is 1.78. The number of aliphatic hydroxyl groups excluding tert-OH is 1. The van der Waals surface area contributed by atoms with Gasteiger partial charge in [-0.25, -0.2) is 6.61 Å². The van der Waals surface area contributed by atoms with Gasteiger partial charge in [-0.15, -0.1) is 19.6 Å². The van der Waals surface area contributed by atoms with E-state index in [4.69, 9.17) is 38.5 Å². The second-order valence-electron chi connectivity index (χ2n) is 2.98. The number of hydrogen-bond donors (Lipinski definition) is 5. The molecular weight excluding hydrogens is 320 g/mol. The van der Waals surface area contributed by atoms with Crippen molar-refractivity contribution in [3.05, 3.63) is 6.61 Å². The van der Waals surface area contributed by atoms with Crippen LogP contribution in [-0.4, -0.2) is 37.9 Å². The molecule has 0 atom stereocenters. The van der Waals surface area contributed by atoms with Crippen LogP contribution in [0.4, 0.5) is 0 Å². The largest absolute Gasteiger partial charge is 1.00 e. The standard InChI is InChI=1S/C7H13O2.2Na.2HO3P/c8-4-1-7-2-5-9-6-3-7;;;2*1-4(2)3/h4,7-8H,1-3,5-6H2;;;2*(H-,1,2,3)/q-1;2*+1;;/p+2. The van der Waals surface area contributed by atoms with Crippen molar-refractivity contribution in [1.82, 2.24) is 0 Å². The van der Waals surface area contributed by atoms with E-state index in [9.17, 15) is 0 Å². The molecule has 5 N–H and O–H groups in total. The van der Waals surface area contributed by atoms with Crippen molar-refractivity contribution in [2.75, 3.05) is 13.2 Å². The Labute approximate surface area is 158 Å². The summed E-state index contributed by atoms with van der Waals surface area (Å²) in [6, 6.07) is 0. The van der Waals surface area contributed by atoms with Gasteiger partial charge in [0.2, 0.25) is 0 Å². The third-order valence-electron chi connectivity index (χ3n) is 1.78. The van der Waals surface area contributed by atoms with Crippen LogP contribution in [0.5, 0.6) is 0 Å². The smallest absolute Gasteiger partial charge is 0.566 e. The fraction of sp³-hybridized carbons (Fsp3) is 0.857. The Kier molecular flexibility index (Phi) is 34.0. The SMILES string of the molecule is O=[P+](O)O.O=[P+](O)O.O[CH-]CC1CCOCC1.[Na+].[Na+]. The zero-order valence-corrected chi connectivity index (χ0v) is 16.8. The molecule has 0 amide bonds. The van der Waals surface area contributed by atoms with Gasteiger partial charge in [0.1, 0.15) is 0 Å². The van der Waals surface area contributed by atoms with E-state index >= 15 is 0 Å². The zero-order chi connectivity index (χ0) is 13.7. The summed E-state index contributed by atoms with van der Waals surface area (Å²) in [5, 5.41) is 8.45. The van der Waals surface area contributed by atoms with Crippen LogP contribution in [0.25, 0.3) is 0 Å². The summed E-state index contributed by atoms with van der Waals surface area (Å²) in [5.74, 6) is 0.670. The predicted octanol–water partition coefficient (Wildman–Crippen LogP) is -5.40. The summed E-state index contributed by atoms with van der Waals surface area (Å²) >= 11 is 0. The molecule has 1 fully saturated rings. The van der Waals surface area contributed by atoms with E-state index in [0.29, 0.717) is 5.92 Å². The van der Waals surface area contributed by atoms with E-state index in [-0.39, 0.29) is 59.1 Å². The molecule has 8 nitrogen and oxygen atoms in total. The molecule has 12 heteroatoms. The molecule has 0 saturated carbocycles. The van der Waals surface area contributed by atoms with Crippen molar-refractivity contribution in [1.29, 1.82) is 0 Å². The number of aliphatic hydroxyl groups is 1. The van der Waals surface area contributed by atoms with Crippen molar-refractivity contribution < 1.29 is 97.7 Å². The van der Waals surface area contributed by atoms with Gasteiger partial charge in [-0.3, -0.25) is 0 Å². The molecule has 0 radical (unpaired) electrons. The van der Waals surface area contributed by atoms with Gasteiger partial charge in [-0.1, -0.05) is 5.92 Å². The van der Waals surface area contributed by atoms with Crippen molar-refractivity contribution in [2.24, 2.45) is 5.92 Å². The molecule has 0 aliphatic carbocycles. The molecule has 1 saturated heterocycles. The van der Waals surface area contributed by atoms with Gasteiger partial charge in [0.05, 0.1) is 0 Å². The first kappa shape index (κ1) is 29.0. The number of ether oxygens (including phenoxy) is 1. The van der Waals surface area contributed by atoms with Crippen LogP contribution < -0.4 is 59.1 Å². The Morgan fingerprint density at radius 1 is 1.00 bits per heavy atom. The molecule has 0 aromatic carbocycles. The summed E-state index contributed by atoms with van der Waals surface area (Å²) in [4.78, 5) is 28.5. The minimum atomic E-state index is -2.87. The topological polar surface area (TPSA) is 145 Å². The van der Waals surface area contributed by atoms with Crippen molar-refractivity contribution in [2.45, 2.75) is 19.3 Å². The summed E-state index contributed by atoms with van der Waals surface area (Å²) in [5.41, 5.74) is 0. The van der Waals surface area contributed by atoms with Crippen LogP contribution in [0.1, 0.15) is 19.3 Å². The first-order valence-corrected chi connectivity index (χ1v) is 6.96. The van der Waals surface area contributed by atoms with Crippen molar-refractivity contribution >= 4 is 16.5 Å². The van der Waals surface area contributed by atoms with Crippen LogP contribution in [0, 0.1) is 12.5 Å². The van der Waals surface area contributed by atoms with Crippen LogP contribution in [-0.2, 0) is 13.9 Å². The van der Waals surface area contributed by atoms with Crippen LogP contribution in [0.2, 0.25) is 0 Å². The van der Waals surface area contributed by atoms with E-state index in [1.165, 1.54) is 6.61 Å². The maximum absolute atomic E-state index is 8.70. The number of hydrogen-bond acceptors (Lipinski definition) is 4. The molecule has 0 aromatic rings. The molecule has 1 aliphatic rings. The molecule has 0 aromatic heterocycles. The zero-order valence-electron chi connectivity index (χ0n) is 11.0. The molecule has 0 bridgehead atoms. The third kappa shape index (κ3) is 38.3. The summed E-state index contributed by atoms with van der Waals surface area (Å²) in [7, 11) is -5.74. The maximum atomic E-state index is 8.70. The Morgan fingerprint density at radius 2 is 1.32 bits per heavy atom. The average Bonchev–Trinajstić information content (AvgIpc) is 2.18. The van der Waals surface area contributed by atoms with Gasteiger partial charge in [0, 0.05) is 22.3 Å². The van der Waals surface area contributed by atoms with Gasteiger partial charge < -0.3 is 9.84 Å². The summed E-state index contributed by atoms with van der Waals surface area (Å²) in [6.07, 6.45) is 3.05. The molecule has 0 spiro atoms. The molecule has 19 heavy (non-hydrogen) atoms. The second-order valence-corrected chi connectivity index (χ2v) is 3.99. The van der Waals surface area contributed by atoms with Crippen LogP contribution >= 0.6 is 16.5 Å². The van der Waals surface area contributed by atoms with Crippen LogP contribution in [0.15, 0.2) is 0 Å². The van der Waals surface area contributed by atoms with Gasteiger partial charge >= 0.3 is 75.6 Å². The second kappa shape index (κ2) is 22.2. The van der Waals surface area contributed by atoms with Crippen molar-refractivity contribution in [3.8, 4) is 0 Å². The summed E-state index contributed by atoms with van der Waals surface area (Å²) < 4.78 is 22.6. The van der Waals surface area contributed by atoms with E-state index in [1.54, 1.807) is 0 Å². The van der Waals surface area contributed by atoms with Gasteiger partial charge in [0.25, 0.3) is 0 Å². The normalized spacial score (nSPS) is 13.3. The minimum Gasteiger partial charge on any atom is -0.566 e. The monoisotopic (exact) mass is 337 g/mol. The molecule has 102 valence electrons. The maximum Gasteiger partial charge on any atom is 1.00 e. The summed E-state index contributed by atoms with van der Waals surface area (Å²) in [6.45, 7) is 3.01. The average molecular weight is 337 g/mol. The van der Waals surface area contributed by atoms with Gasteiger partial charge in [0.15, 0.2) is 0 Å². The quantitative estimate of drug-likeness (QED) is 0.191. The predicted molar refractivity (Wildman–Crippen MR) is 58.5 cm³/mol. The molecular formula is C7H17Na2O8P2+3. The Bertz CT molecular complexity index is 193. The Balaban J connectivity index is -0.0000000975. The molecule has 1 heterocycles. The fourth-order valence-corrected chi connectivity index (χ4v) is 1.13. The molecule has 1 aliphatic heterocycles. The van der Waals surface area contributed by atoms with Crippen molar-refractivity contribution in [3.63, 3.8) is 0 Å². The molecule has 1 rings (SSSR count).